The SMILES string of the molecule is Cn1ncnc1CC(=O)c1cc2c(s1)CCCCC2. The number of Topliss-reactive ketones (excluding diaryl/α,β-unsaturated/α-hetero) is 1. The number of nitrogens with zero attached hydrogens (tertiary/aromatic N) is 3. The van der Waals surface area contributed by atoms with Crippen molar-refractivity contribution in [3.8, 4) is 0 Å². The Morgan fingerprint density at radius 3 is 3.00 bits per heavy atom. The third kappa shape index (κ3) is 2.61. The van der Waals surface area contributed by atoms with Crippen LogP contribution in [-0.4, -0.2) is 20.5 Å². The van der Waals surface area contributed by atoms with Crippen LogP contribution in [-0.2, 0) is 26.3 Å². The van der Waals surface area contributed by atoms with E-state index in [-0.39, 0.29) is 5.78 Å². The summed E-state index contributed by atoms with van der Waals surface area (Å²) in [7, 11) is 1.82. The second kappa shape index (κ2) is 5.25. The number of rotatable bonds is 3. The molecule has 0 fully saturated rings. The molecule has 100 valence electrons. The molecule has 0 unspecified atom stereocenters. The zero-order valence-corrected chi connectivity index (χ0v) is 11.9. The third-order valence-corrected chi connectivity index (χ3v) is 4.92. The Labute approximate surface area is 116 Å². The molecular formula is C14H17N3OS. The van der Waals surface area contributed by atoms with Gasteiger partial charge in [0.15, 0.2) is 5.78 Å². The van der Waals surface area contributed by atoms with Gasteiger partial charge in [-0.3, -0.25) is 9.48 Å². The van der Waals surface area contributed by atoms with Gasteiger partial charge in [0.1, 0.15) is 12.2 Å². The molecule has 0 N–H and O–H groups in total. The average molecular weight is 275 g/mol. The quantitative estimate of drug-likeness (QED) is 0.639. The predicted molar refractivity (Wildman–Crippen MR) is 74.6 cm³/mol. The lowest BCUT2D eigenvalue weighted by Crippen LogP contribution is -2.07. The van der Waals surface area contributed by atoms with E-state index in [0.29, 0.717) is 6.42 Å². The summed E-state index contributed by atoms with van der Waals surface area (Å²) in [4.78, 5) is 18.7. The van der Waals surface area contributed by atoms with Crippen LogP contribution in [0.2, 0.25) is 0 Å². The van der Waals surface area contributed by atoms with Crippen molar-refractivity contribution in [2.75, 3.05) is 0 Å². The summed E-state index contributed by atoms with van der Waals surface area (Å²) >= 11 is 1.68. The average Bonchev–Trinajstić information content (AvgIpc) is 2.91. The van der Waals surface area contributed by atoms with Crippen LogP contribution in [0.15, 0.2) is 12.4 Å². The van der Waals surface area contributed by atoms with Crippen LogP contribution >= 0.6 is 11.3 Å². The zero-order valence-electron chi connectivity index (χ0n) is 11.1. The molecule has 2 aromatic rings. The first-order chi connectivity index (χ1) is 9.24. The van der Waals surface area contributed by atoms with Gasteiger partial charge in [-0.2, -0.15) is 5.10 Å². The molecule has 1 aliphatic rings. The summed E-state index contributed by atoms with van der Waals surface area (Å²) in [6.07, 6.45) is 7.91. The molecule has 0 aliphatic heterocycles. The largest absolute Gasteiger partial charge is 0.293 e. The molecule has 0 saturated carbocycles. The maximum Gasteiger partial charge on any atom is 0.180 e. The number of carbonyl (C=O) groups excluding carboxylic acids is 1. The van der Waals surface area contributed by atoms with Gasteiger partial charge in [-0.05, 0) is 37.3 Å². The molecule has 0 amide bonds. The van der Waals surface area contributed by atoms with Gasteiger partial charge in [0.25, 0.3) is 0 Å². The predicted octanol–water partition coefficient (Wildman–Crippen LogP) is 2.57. The van der Waals surface area contributed by atoms with Crippen LogP contribution in [0.3, 0.4) is 0 Å². The smallest absolute Gasteiger partial charge is 0.180 e. The molecule has 0 spiro atoms. The van der Waals surface area contributed by atoms with E-state index in [9.17, 15) is 4.79 Å². The van der Waals surface area contributed by atoms with Crippen molar-refractivity contribution in [1.29, 1.82) is 0 Å². The summed E-state index contributed by atoms with van der Waals surface area (Å²) < 4.78 is 1.66. The van der Waals surface area contributed by atoms with Crippen LogP contribution < -0.4 is 0 Å². The molecule has 4 nitrogen and oxygen atoms in total. The van der Waals surface area contributed by atoms with E-state index in [1.54, 1.807) is 16.0 Å². The molecule has 0 saturated heterocycles. The van der Waals surface area contributed by atoms with Gasteiger partial charge in [-0.1, -0.05) is 6.42 Å². The van der Waals surface area contributed by atoms with Crippen molar-refractivity contribution in [3.63, 3.8) is 0 Å². The van der Waals surface area contributed by atoms with E-state index >= 15 is 0 Å². The van der Waals surface area contributed by atoms with Crippen molar-refractivity contribution < 1.29 is 4.79 Å². The van der Waals surface area contributed by atoms with E-state index in [1.165, 1.54) is 36.0 Å². The van der Waals surface area contributed by atoms with E-state index < -0.39 is 0 Å². The first-order valence-corrected chi connectivity index (χ1v) is 7.53. The Morgan fingerprint density at radius 2 is 2.21 bits per heavy atom. The van der Waals surface area contributed by atoms with Gasteiger partial charge < -0.3 is 0 Å². The van der Waals surface area contributed by atoms with Gasteiger partial charge in [-0.25, -0.2) is 4.98 Å². The minimum absolute atomic E-state index is 0.161. The molecule has 0 atom stereocenters. The summed E-state index contributed by atoms with van der Waals surface area (Å²) in [5.41, 5.74) is 1.39. The van der Waals surface area contributed by atoms with Crippen LogP contribution in [0.5, 0.6) is 0 Å². The van der Waals surface area contributed by atoms with E-state index in [1.807, 2.05) is 7.05 Å². The van der Waals surface area contributed by atoms with Crippen LogP contribution in [0.1, 0.15) is 45.2 Å². The standard InChI is InChI=1S/C14H17N3OS/c1-17-14(15-9-16-17)8-11(18)13-7-10-5-3-2-4-6-12(10)19-13/h7,9H,2-6,8H2,1H3. The lowest BCUT2D eigenvalue weighted by atomic mass is 10.1. The second-order valence-corrected chi connectivity index (χ2v) is 6.16. The molecule has 19 heavy (non-hydrogen) atoms. The van der Waals surface area contributed by atoms with Crippen LogP contribution in [0, 0.1) is 0 Å². The first kappa shape index (κ1) is 12.5. The van der Waals surface area contributed by atoms with Crippen LogP contribution in [0.25, 0.3) is 0 Å². The zero-order chi connectivity index (χ0) is 13.2. The van der Waals surface area contributed by atoms with Gasteiger partial charge in [0.2, 0.25) is 0 Å². The third-order valence-electron chi connectivity index (χ3n) is 3.65. The Balaban J connectivity index is 1.79. The highest BCUT2D eigenvalue weighted by atomic mass is 32.1. The normalized spacial score (nSPS) is 15.0. The van der Waals surface area contributed by atoms with E-state index in [0.717, 1.165) is 23.5 Å². The number of aromatic nitrogens is 3. The molecule has 0 aromatic carbocycles. The van der Waals surface area contributed by atoms with Crippen molar-refractivity contribution >= 4 is 17.1 Å². The van der Waals surface area contributed by atoms with Gasteiger partial charge in [-0.15, -0.1) is 11.3 Å². The van der Waals surface area contributed by atoms with Crippen molar-refractivity contribution in [3.05, 3.63) is 33.5 Å². The number of thiophene rings is 1. The summed E-state index contributed by atoms with van der Waals surface area (Å²) in [6, 6.07) is 2.10. The monoisotopic (exact) mass is 275 g/mol. The number of ketones is 1. The lowest BCUT2D eigenvalue weighted by Gasteiger charge is -1.98. The number of aryl methyl sites for hydroxylation is 3. The number of carbonyl (C=O) groups is 1. The highest BCUT2D eigenvalue weighted by Crippen LogP contribution is 2.29. The lowest BCUT2D eigenvalue weighted by molar-refractivity contribution is 0.0993. The van der Waals surface area contributed by atoms with E-state index in [2.05, 4.69) is 16.1 Å². The van der Waals surface area contributed by atoms with Crippen molar-refractivity contribution in [1.82, 2.24) is 14.8 Å². The molecule has 3 rings (SSSR count). The van der Waals surface area contributed by atoms with Gasteiger partial charge in [0.05, 0.1) is 11.3 Å². The van der Waals surface area contributed by atoms with Crippen LogP contribution in [0.4, 0.5) is 0 Å². The molecule has 2 aromatic heterocycles. The number of hydrogen-bond acceptors (Lipinski definition) is 4. The van der Waals surface area contributed by atoms with Crippen molar-refractivity contribution in [2.24, 2.45) is 7.05 Å². The summed E-state index contributed by atoms with van der Waals surface area (Å²) in [6.45, 7) is 0. The van der Waals surface area contributed by atoms with E-state index in [4.69, 9.17) is 0 Å². The number of fused-ring (bicyclic) bond motifs is 1. The second-order valence-electron chi connectivity index (χ2n) is 5.02. The van der Waals surface area contributed by atoms with Gasteiger partial charge >= 0.3 is 0 Å². The molecule has 2 heterocycles. The maximum atomic E-state index is 12.3. The highest BCUT2D eigenvalue weighted by Gasteiger charge is 2.17. The Hall–Kier alpha value is -1.49. The van der Waals surface area contributed by atoms with Crippen molar-refractivity contribution in [2.45, 2.75) is 38.5 Å². The Kier molecular flexibility index (Phi) is 3.46. The number of hydrogen-bond donors (Lipinski definition) is 0. The summed E-state index contributed by atoms with van der Waals surface area (Å²) in [5, 5.41) is 4.00. The Bertz CT molecular complexity index is 576. The molecular weight excluding hydrogens is 258 g/mol. The maximum absolute atomic E-state index is 12.3. The molecule has 0 radical (unpaired) electrons. The highest BCUT2D eigenvalue weighted by molar-refractivity contribution is 7.14. The fourth-order valence-corrected chi connectivity index (χ4v) is 3.71. The summed E-state index contributed by atoms with van der Waals surface area (Å²) in [5.74, 6) is 0.891. The first-order valence-electron chi connectivity index (χ1n) is 6.71. The topological polar surface area (TPSA) is 47.8 Å². The van der Waals surface area contributed by atoms with Gasteiger partial charge in [0, 0.05) is 11.9 Å². The molecule has 0 bridgehead atoms. The minimum atomic E-state index is 0.161. The fraction of sp³-hybridized carbons (Fsp3) is 0.500. The molecule has 5 heteroatoms. The Morgan fingerprint density at radius 1 is 1.37 bits per heavy atom. The minimum Gasteiger partial charge on any atom is -0.293 e. The fourth-order valence-electron chi connectivity index (χ4n) is 2.52. The molecule has 1 aliphatic carbocycles.